The number of aromatic nitrogens is 4. The Morgan fingerprint density at radius 1 is 1.13 bits per heavy atom. The topological polar surface area (TPSA) is 94.1 Å². The number of fused-ring (bicyclic) bond motifs is 1. The fraction of sp³-hybridized carbons (Fsp3) is 0.571. The second kappa shape index (κ2) is 8.55. The van der Waals surface area contributed by atoms with Gasteiger partial charge in [0, 0.05) is 25.0 Å². The number of piperidine rings is 1. The quantitative estimate of drug-likeness (QED) is 0.506. The summed E-state index contributed by atoms with van der Waals surface area (Å²) in [6.07, 6.45) is 2.92. The molecule has 0 spiro atoms. The normalized spacial score (nSPS) is 16.3. The Bertz CT molecular complexity index is 1170. The number of rotatable bonds is 6. The Labute approximate surface area is 187 Å². The van der Waals surface area contributed by atoms with E-state index in [1.54, 1.807) is 16.4 Å². The molecule has 4 rings (SSSR count). The van der Waals surface area contributed by atoms with E-state index in [1.165, 1.54) is 11.8 Å². The molecule has 0 saturated carbocycles. The van der Waals surface area contributed by atoms with Crippen LogP contribution in [0.1, 0.15) is 58.7 Å². The minimum Gasteiger partial charge on any atom is -0.339 e. The highest BCUT2D eigenvalue weighted by Crippen LogP contribution is 2.30. The highest BCUT2D eigenvalue weighted by molar-refractivity contribution is 7.98. The van der Waals surface area contributed by atoms with Crippen molar-refractivity contribution in [2.75, 3.05) is 13.1 Å². The van der Waals surface area contributed by atoms with Crippen LogP contribution in [0.5, 0.6) is 0 Å². The molecule has 1 fully saturated rings. The molecule has 2 aromatic heterocycles. The van der Waals surface area contributed by atoms with Crippen LogP contribution in [0, 0.1) is 0 Å². The summed E-state index contributed by atoms with van der Waals surface area (Å²) in [6.45, 7) is 10.1. The van der Waals surface area contributed by atoms with Crippen molar-refractivity contribution in [3.8, 4) is 0 Å². The maximum Gasteiger partial charge on any atom is 0.243 e. The highest BCUT2D eigenvalue weighted by Gasteiger charge is 2.27. The molecule has 0 radical (unpaired) electrons. The summed E-state index contributed by atoms with van der Waals surface area (Å²) in [5, 5.41) is 4.89. The number of hydrogen-bond donors (Lipinski definition) is 0. The molecular weight excluding hydrogens is 434 g/mol. The van der Waals surface area contributed by atoms with Crippen molar-refractivity contribution < 1.29 is 12.9 Å². The van der Waals surface area contributed by atoms with E-state index < -0.39 is 10.0 Å². The molecule has 10 heteroatoms. The first-order chi connectivity index (χ1) is 14.7. The van der Waals surface area contributed by atoms with Crippen molar-refractivity contribution in [2.45, 2.75) is 74.7 Å². The molecule has 0 atom stereocenters. The molecule has 0 N–H and O–H groups in total. The number of sulfonamides is 1. The minimum atomic E-state index is -3.49. The van der Waals surface area contributed by atoms with Crippen LogP contribution in [-0.4, -0.2) is 45.5 Å². The molecule has 1 saturated heterocycles. The Hall–Kier alpha value is -1.91. The van der Waals surface area contributed by atoms with Crippen LogP contribution < -0.4 is 0 Å². The van der Waals surface area contributed by atoms with E-state index in [1.807, 2.05) is 26.8 Å². The fourth-order valence-electron chi connectivity index (χ4n) is 3.66. The standard InChI is InChI=1S/C21H29N5O3S2/c1-5-26-17-10-9-15(31(27,28)25-11-7-6-8-12-25)13-16(17)22-20(26)30-14-18-23-19(29-24-18)21(2,3)4/h9-10,13H,5-8,11-12,14H2,1-4H3. The van der Waals surface area contributed by atoms with E-state index in [-0.39, 0.29) is 5.41 Å². The summed E-state index contributed by atoms with van der Waals surface area (Å²) in [7, 11) is -3.49. The monoisotopic (exact) mass is 463 g/mol. The lowest BCUT2D eigenvalue weighted by atomic mass is 9.97. The molecule has 0 bridgehead atoms. The molecule has 1 aliphatic heterocycles. The smallest absolute Gasteiger partial charge is 0.243 e. The van der Waals surface area contributed by atoms with Crippen LogP contribution in [0.4, 0.5) is 0 Å². The van der Waals surface area contributed by atoms with Crippen molar-refractivity contribution in [3.05, 3.63) is 29.9 Å². The fourth-order valence-corrected chi connectivity index (χ4v) is 6.12. The maximum absolute atomic E-state index is 13.0. The van der Waals surface area contributed by atoms with Gasteiger partial charge < -0.3 is 9.09 Å². The Kier molecular flexibility index (Phi) is 6.15. The summed E-state index contributed by atoms with van der Waals surface area (Å²) in [5.41, 5.74) is 1.42. The van der Waals surface area contributed by atoms with E-state index >= 15 is 0 Å². The van der Waals surface area contributed by atoms with E-state index in [0.29, 0.717) is 41.0 Å². The van der Waals surface area contributed by atoms with Crippen LogP contribution in [-0.2, 0) is 27.7 Å². The minimum absolute atomic E-state index is 0.192. The molecule has 3 heterocycles. The molecule has 1 aromatic carbocycles. The summed E-state index contributed by atoms with van der Waals surface area (Å²) in [4.78, 5) is 9.53. The SMILES string of the molecule is CCn1c(SCc2noc(C(C)(C)C)n2)nc2cc(S(=O)(=O)N3CCCCC3)ccc21. The lowest BCUT2D eigenvalue weighted by Gasteiger charge is -2.25. The molecule has 0 amide bonds. The first kappa shape index (κ1) is 22.3. The number of benzene rings is 1. The number of nitrogens with zero attached hydrogens (tertiary/aromatic N) is 5. The van der Waals surface area contributed by atoms with E-state index in [9.17, 15) is 8.42 Å². The van der Waals surface area contributed by atoms with Crippen molar-refractivity contribution >= 4 is 32.8 Å². The van der Waals surface area contributed by atoms with Gasteiger partial charge in [-0.25, -0.2) is 13.4 Å². The van der Waals surface area contributed by atoms with Crippen molar-refractivity contribution in [3.63, 3.8) is 0 Å². The Morgan fingerprint density at radius 2 is 1.87 bits per heavy atom. The average molecular weight is 464 g/mol. The third-order valence-corrected chi connectivity index (χ3v) is 8.26. The predicted octanol–water partition coefficient (Wildman–Crippen LogP) is 4.20. The van der Waals surface area contributed by atoms with Gasteiger partial charge in [-0.3, -0.25) is 0 Å². The summed E-state index contributed by atoms with van der Waals surface area (Å²) >= 11 is 1.52. The lowest BCUT2D eigenvalue weighted by molar-refractivity contribution is 0.319. The van der Waals surface area contributed by atoms with Gasteiger partial charge >= 0.3 is 0 Å². The van der Waals surface area contributed by atoms with Gasteiger partial charge in [0.25, 0.3) is 0 Å². The summed E-state index contributed by atoms with van der Waals surface area (Å²) < 4.78 is 35.1. The van der Waals surface area contributed by atoms with Gasteiger partial charge in [0.15, 0.2) is 11.0 Å². The van der Waals surface area contributed by atoms with Crippen LogP contribution in [0.25, 0.3) is 11.0 Å². The zero-order valence-corrected chi connectivity index (χ0v) is 20.1. The van der Waals surface area contributed by atoms with E-state index in [2.05, 4.69) is 21.6 Å². The van der Waals surface area contributed by atoms with Gasteiger partial charge in [0.05, 0.1) is 21.7 Å². The van der Waals surface area contributed by atoms with E-state index in [4.69, 9.17) is 9.51 Å². The van der Waals surface area contributed by atoms with Crippen LogP contribution in [0.3, 0.4) is 0 Å². The second-order valence-electron chi connectivity index (χ2n) is 8.81. The molecule has 0 unspecified atom stereocenters. The molecule has 8 nitrogen and oxygen atoms in total. The van der Waals surface area contributed by atoms with Crippen LogP contribution in [0.15, 0.2) is 32.8 Å². The van der Waals surface area contributed by atoms with Gasteiger partial charge in [0.2, 0.25) is 15.9 Å². The molecule has 168 valence electrons. The molecule has 0 aliphatic carbocycles. The molecule has 3 aromatic rings. The first-order valence-corrected chi connectivity index (χ1v) is 13.1. The third kappa shape index (κ3) is 4.51. The van der Waals surface area contributed by atoms with E-state index in [0.717, 1.165) is 36.5 Å². The highest BCUT2D eigenvalue weighted by atomic mass is 32.2. The number of thioether (sulfide) groups is 1. The summed E-state index contributed by atoms with van der Waals surface area (Å²) in [6, 6.07) is 5.25. The number of aryl methyl sites for hydroxylation is 1. The van der Waals surface area contributed by atoms with Crippen molar-refractivity contribution in [1.82, 2.24) is 24.0 Å². The maximum atomic E-state index is 13.0. The van der Waals surface area contributed by atoms with Crippen molar-refractivity contribution in [1.29, 1.82) is 0 Å². The number of imidazole rings is 1. The average Bonchev–Trinajstić information content (AvgIpc) is 3.36. The Balaban J connectivity index is 1.59. The second-order valence-corrected chi connectivity index (χ2v) is 11.7. The molecule has 31 heavy (non-hydrogen) atoms. The molecular formula is C21H29N5O3S2. The van der Waals surface area contributed by atoms with Gasteiger partial charge in [-0.1, -0.05) is 44.1 Å². The van der Waals surface area contributed by atoms with Gasteiger partial charge in [0.1, 0.15) is 0 Å². The zero-order valence-electron chi connectivity index (χ0n) is 18.5. The van der Waals surface area contributed by atoms with Crippen LogP contribution in [0.2, 0.25) is 0 Å². The van der Waals surface area contributed by atoms with Gasteiger partial charge in [-0.05, 0) is 38.0 Å². The lowest BCUT2D eigenvalue weighted by Crippen LogP contribution is -2.35. The third-order valence-electron chi connectivity index (χ3n) is 5.39. The van der Waals surface area contributed by atoms with Gasteiger partial charge in [-0.2, -0.15) is 9.29 Å². The van der Waals surface area contributed by atoms with Gasteiger partial charge in [-0.15, -0.1) is 0 Å². The molecule has 1 aliphatic rings. The van der Waals surface area contributed by atoms with Crippen molar-refractivity contribution in [2.24, 2.45) is 0 Å². The Morgan fingerprint density at radius 3 is 2.52 bits per heavy atom. The number of hydrogen-bond acceptors (Lipinski definition) is 7. The van der Waals surface area contributed by atoms with Crippen LogP contribution >= 0.6 is 11.8 Å². The zero-order chi connectivity index (χ0) is 22.2. The predicted molar refractivity (Wildman–Crippen MR) is 121 cm³/mol. The largest absolute Gasteiger partial charge is 0.339 e. The summed E-state index contributed by atoms with van der Waals surface area (Å²) in [5.74, 6) is 1.76. The first-order valence-electron chi connectivity index (χ1n) is 10.7.